The predicted molar refractivity (Wildman–Crippen MR) is 49.1 cm³/mol. The molecule has 1 rings (SSSR count). The highest BCUT2D eigenvalue weighted by molar-refractivity contribution is 5.82. The first kappa shape index (κ1) is 7.79. The van der Waals surface area contributed by atoms with Crippen LogP contribution in [0.2, 0.25) is 0 Å². The van der Waals surface area contributed by atoms with Crippen LogP contribution < -0.4 is 5.73 Å². The maximum atomic E-state index is 5.58. The Hall–Kier alpha value is -1.31. The molecule has 0 atom stereocenters. The van der Waals surface area contributed by atoms with Crippen LogP contribution >= 0.6 is 0 Å². The van der Waals surface area contributed by atoms with E-state index in [0.29, 0.717) is 0 Å². The molecular weight excluding hydrogens is 136 g/mol. The van der Waals surface area contributed by atoms with Gasteiger partial charge < -0.3 is 5.73 Å². The number of rotatable bonds is 1. The van der Waals surface area contributed by atoms with Gasteiger partial charge in [-0.25, -0.2) is 0 Å². The molecule has 0 amide bonds. The fraction of sp³-hybridized carbons (Fsp3) is 0.222. The van der Waals surface area contributed by atoms with E-state index in [1.54, 1.807) is 7.05 Å². The van der Waals surface area contributed by atoms with Crippen molar-refractivity contribution < 1.29 is 0 Å². The minimum atomic E-state index is 0.802. The highest BCUT2D eigenvalue weighted by Crippen LogP contribution is 2.09. The number of hydrogen-bond donors (Lipinski definition) is 1. The fourth-order valence-corrected chi connectivity index (χ4v) is 0.983. The quantitative estimate of drug-likeness (QED) is 0.477. The zero-order chi connectivity index (χ0) is 8.27. The molecule has 11 heavy (non-hydrogen) atoms. The monoisotopic (exact) mass is 148 g/mol. The summed E-state index contributed by atoms with van der Waals surface area (Å²) >= 11 is 0. The van der Waals surface area contributed by atoms with Gasteiger partial charge in [-0.3, -0.25) is 4.99 Å². The van der Waals surface area contributed by atoms with Crippen molar-refractivity contribution in [1.29, 1.82) is 0 Å². The lowest BCUT2D eigenvalue weighted by molar-refractivity contribution is 1.41. The molecule has 0 aliphatic rings. The van der Waals surface area contributed by atoms with Gasteiger partial charge in [0.15, 0.2) is 0 Å². The minimum absolute atomic E-state index is 0.802. The molecule has 0 unspecified atom stereocenters. The third-order valence-electron chi connectivity index (χ3n) is 1.56. The molecule has 0 radical (unpaired) electrons. The van der Waals surface area contributed by atoms with Crippen molar-refractivity contribution in [2.24, 2.45) is 4.99 Å². The molecule has 0 saturated heterocycles. The van der Waals surface area contributed by atoms with Crippen LogP contribution in [-0.4, -0.2) is 13.3 Å². The molecule has 0 aliphatic heterocycles. The molecule has 2 heteroatoms. The van der Waals surface area contributed by atoms with Crippen molar-refractivity contribution in [3.8, 4) is 0 Å². The Morgan fingerprint density at radius 2 is 2.18 bits per heavy atom. The van der Waals surface area contributed by atoms with E-state index in [2.05, 4.69) is 4.99 Å². The highest BCUT2D eigenvalue weighted by atomic mass is 14.6. The highest BCUT2D eigenvalue weighted by Gasteiger charge is 1.93. The Morgan fingerprint density at radius 3 is 2.73 bits per heavy atom. The summed E-state index contributed by atoms with van der Waals surface area (Å²) in [5.41, 5.74) is 8.67. The lowest BCUT2D eigenvalue weighted by Crippen LogP contribution is -1.90. The average molecular weight is 148 g/mol. The number of hydrogen-bond acceptors (Lipinski definition) is 2. The minimum Gasteiger partial charge on any atom is -0.399 e. The van der Waals surface area contributed by atoms with Crippen molar-refractivity contribution in [2.45, 2.75) is 6.92 Å². The number of aryl methyl sites for hydroxylation is 1. The van der Waals surface area contributed by atoms with Crippen LogP contribution in [0.3, 0.4) is 0 Å². The van der Waals surface area contributed by atoms with Crippen LogP contribution in [0, 0.1) is 6.92 Å². The predicted octanol–water partition coefficient (Wildman–Crippen LogP) is 1.63. The van der Waals surface area contributed by atoms with Gasteiger partial charge in [0.1, 0.15) is 0 Å². The van der Waals surface area contributed by atoms with Crippen LogP contribution in [0.25, 0.3) is 0 Å². The van der Waals surface area contributed by atoms with E-state index < -0.39 is 0 Å². The maximum Gasteiger partial charge on any atom is 0.0317 e. The molecule has 1 aromatic carbocycles. The van der Waals surface area contributed by atoms with E-state index in [0.717, 1.165) is 16.8 Å². The Morgan fingerprint density at radius 1 is 1.45 bits per heavy atom. The van der Waals surface area contributed by atoms with Crippen molar-refractivity contribution in [2.75, 3.05) is 12.8 Å². The first-order valence-corrected chi connectivity index (χ1v) is 3.52. The number of nitrogens with two attached hydrogens (primary N) is 1. The zero-order valence-electron chi connectivity index (χ0n) is 6.83. The standard InChI is InChI=1S/C9H12N2/c1-7-5-9(10)4-3-8(7)6-11-2/h3-6H,10H2,1-2H3. The number of aliphatic imine (C=N–C) groups is 1. The van der Waals surface area contributed by atoms with E-state index in [1.165, 1.54) is 0 Å². The van der Waals surface area contributed by atoms with Crippen molar-refractivity contribution in [1.82, 2.24) is 0 Å². The van der Waals surface area contributed by atoms with Gasteiger partial charge in [0, 0.05) is 18.9 Å². The number of anilines is 1. The molecule has 0 saturated carbocycles. The second-order valence-electron chi connectivity index (χ2n) is 2.50. The summed E-state index contributed by atoms with van der Waals surface area (Å²) in [6, 6.07) is 5.79. The van der Waals surface area contributed by atoms with Gasteiger partial charge in [-0.1, -0.05) is 6.07 Å². The van der Waals surface area contributed by atoms with Gasteiger partial charge in [-0.15, -0.1) is 0 Å². The summed E-state index contributed by atoms with van der Waals surface area (Å²) in [4.78, 5) is 3.93. The molecule has 0 bridgehead atoms. The summed E-state index contributed by atoms with van der Waals surface area (Å²) in [5.74, 6) is 0. The van der Waals surface area contributed by atoms with Gasteiger partial charge in [0.2, 0.25) is 0 Å². The number of benzene rings is 1. The molecule has 58 valence electrons. The molecule has 0 aromatic heterocycles. The van der Waals surface area contributed by atoms with Gasteiger partial charge in [-0.2, -0.15) is 0 Å². The smallest absolute Gasteiger partial charge is 0.0317 e. The summed E-state index contributed by atoms with van der Waals surface area (Å²) in [7, 11) is 1.76. The van der Waals surface area contributed by atoms with E-state index in [4.69, 9.17) is 5.73 Å². The molecule has 0 aliphatic carbocycles. The number of nitrogens with zero attached hydrogens (tertiary/aromatic N) is 1. The Kier molecular flexibility index (Phi) is 2.26. The second kappa shape index (κ2) is 3.19. The van der Waals surface area contributed by atoms with E-state index in [9.17, 15) is 0 Å². The van der Waals surface area contributed by atoms with Crippen LogP contribution in [0.5, 0.6) is 0 Å². The van der Waals surface area contributed by atoms with Crippen molar-refractivity contribution in [3.63, 3.8) is 0 Å². The van der Waals surface area contributed by atoms with E-state index in [-0.39, 0.29) is 0 Å². The largest absolute Gasteiger partial charge is 0.399 e. The molecule has 0 heterocycles. The third kappa shape index (κ3) is 1.80. The molecule has 0 fully saturated rings. The van der Waals surface area contributed by atoms with Crippen LogP contribution in [0.1, 0.15) is 11.1 Å². The Balaban J connectivity index is 3.09. The molecular formula is C9H12N2. The SMILES string of the molecule is CN=Cc1ccc(N)cc1C. The lowest BCUT2D eigenvalue weighted by atomic mass is 10.1. The summed E-state index contributed by atoms with van der Waals surface area (Å²) in [6.45, 7) is 2.02. The zero-order valence-corrected chi connectivity index (χ0v) is 6.83. The van der Waals surface area contributed by atoms with E-state index in [1.807, 2.05) is 31.3 Å². The normalized spacial score (nSPS) is 10.7. The first-order chi connectivity index (χ1) is 5.24. The maximum absolute atomic E-state index is 5.58. The van der Waals surface area contributed by atoms with Crippen LogP contribution in [0.15, 0.2) is 23.2 Å². The number of nitrogen functional groups attached to an aromatic ring is 1. The van der Waals surface area contributed by atoms with Gasteiger partial charge in [-0.05, 0) is 30.2 Å². The fourth-order valence-electron chi connectivity index (χ4n) is 0.983. The molecule has 2 nitrogen and oxygen atoms in total. The Labute approximate surface area is 66.8 Å². The molecule has 2 N–H and O–H groups in total. The first-order valence-electron chi connectivity index (χ1n) is 3.52. The topological polar surface area (TPSA) is 38.4 Å². The van der Waals surface area contributed by atoms with Crippen LogP contribution in [-0.2, 0) is 0 Å². The van der Waals surface area contributed by atoms with Crippen LogP contribution in [0.4, 0.5) is 5.69 Å². The second-order valence-corrected chi connectivity index (χ2v) is 2.50. The summed E-state index contributed by atoms with van der Waals surface area (Å²) < 4.78 is 0. The van der Waals surface area contributed by atoms with Gasteiger partial charge in [0.05, 0.1) is 0 Å². The Bertz CT molecular complexity index is 277. The molecule has 0 spiro atoms. The summed E-state index contributed by atoms with van der Waals surface area (Å²) in [6.07, 6.45) is 1.83. The van der Waals surface area contributed by atoms with E-state index >= 15 is 0 Å². The van der Waals surface area contributed by atoms with Gasteiger partial charge >= 0.3 is 0 Å². The van der Waals surface area contributed by atoms with Crippen molar-refractivity contribution in [3.05, 3.63) is 29.3 Å². The lowest BCUT2D eigenvalue weighted by Gasteiger charge is -1.99. The average Bonchev–Trinajstić information content (AvgIpc) is 1.95. The summed E-state index contributed by atoms with van der Waals surface area (Å²) in [5, 5.41) is 0. The van der Waals surface area contributed by atoms with Crippen molar-refractivity contribution >= 4 is 11.9 Å². The third-order valence-corrected chi connectivity index (χ3v) is 1.56. The van der Waals surface area contributed by atoms with Gasteiger partial charge in [0.25, 0.3) is 0 Å². The molecule has 1 aromatic rings.